The van der Waals surface area contributed by atoms with Crippen LogP contribution in [-0.4, -0.2) is 5.91 Å². The molecule has 1 N–H and O–H groups in total. The van der Waals surface area contributed by atoms with Gasteiger partial charge < -0.3 is 9.73 Å². The second kappa shape index (κ2) is 5.61. The molecule has 4 nitrogen and oxygen atoms in total. The number of para-hydroxylation sites is 1. The van der Waals surface area contributed by atoms with E-state index in [4.69, 9.17) is 16.0 Å². The van der Waals surface area contributed by atoms with Crippen molar-refractivity contribution >= 4 is 34.2 Å². The van der Waals surface area contributed by atoms with Crippen LogP contribution in [-0.2, 0) is 0 Å². The fraction of sp³-hybridized carbons (Fsp3) is 0. The lowest BCUT2D eigenvalue weighted by Gasteiger charge is -2.06. The molecule has 0 atom stereocenters. The van der Waals surface area contributed by atoms with Crippen LogP contribution in [0.3, 0.4) is 0 Å². The number of anilines is 1. The zero-order valence-electron chi connectivity index (χ0n) is 11.1. The first-order chi connectivity index (χ1) is 10.5. The van der Waals surface area contributed by atoms with Gasteiger partial charge in [0.05, 0.1) is 5.69 Å². The molecule has 22 heavy (non-hydrogen) atoms. The molecule has 1 aromatic heterocycles. The fourth-order valence-corrected chi connectivity index (χ4v) is 2.16. The van der Waals surface area contributed by atoms with Crippen LogP contribution in [0.1, 0.15) is 10.4 Å². The van der Waals surface area contributed by atoms with Crippen molar-refractivity contribution in [3.8, 4) is 0 Å². The average molecular weight is 318 g/mol. The largest absolute Gasteiger partial charge is 0.422 e. The maximum atomic E-state index is 13.7. The molecule has 0 aliphatic carbocycles. The number of nitrogens with one attached hydrogen (secondary N) is 1. The van der Waals surface area contributed by atoms with Crippen molar-refractivity contribution in [3.05, 3.63) is 75.4 Å². The van der Waals surface area contributed by atoms with E-state index >= 15 is 0 Å². The fourth-order valence-electron chi connectivity index (χ4n) is 2.00. The highest BCUT2D eigenvalue weighted by Crippen LogP contribution is 2.20. The molecule has 0 fully saturated rings. The summed E-state index contributed by atoms with van der Waals surface area (Å²) in [5, 5.41) is 3.14. The Labute approximate surface area is 129 Å². The monoisotopic (exact) mass is 317 g/mol. The maximum Gasteiger partial charge on any atom is 0.349 e. The van der Waals surface area contributed by atoms with E-state index < -0.39 is 17.3 Å². The molecule has 0 spiro atoms. The van der Waals surface area contributed by atoms with Gasteiger partial charge in [0.25, 0.3) is 5.91 Å². The summed E-state index contributed by atoms with van der Waals surface area (Å²) < 4.78 is 18.7. The molecule has 0 unspecified atom stereocenters. The predicted octanol–water partition coefficient (Wildman–Crippen LogP) is 3.84. The van der Waals surface area contributed by atoms with Crippen LogP contribution >= 0.6 is 11.6 Å². The first kappa shape index (κ1) is 14.3. The Kier molecular flexibility index (Phi) is 3.65. The molecule has 1 amide bonds. The van der Waals surface area contributed by atoms with E-state index in [0.29, 0.717) is 11.0 Å². The van der Waals surface area contributed by atoms with Gasteiger partial charge in [0.1, 0.15) is 17.0 Å². The van der Waals surface area contributed by atoms with E-state index in [1.165, 1.54) is 18.2 Å². The molecule has 3 aromatic rings. The van der Waals surface area contributed by atoms with Crippen LogP contribution in [0, 0.1) is 5.82 Å². The first-order valence-corrected chi connectivity index (χ1v) is 6.72. The zero-order chi connectivity index (χ0) is 15.7. The predicted molar refractivity (Wildman–Crippen MR) is 81.8 cm³/mol. The van der Waals surface area contributed by atoms with Crippen molar-refractivity contribution in [3.63, 3.8) is 0 Å². The van der Waals surface area contributed by atoms with Crippen molar-refractivity contribution in [1.82, 2.24) is 0 Å². The van der Waals surface area contributed by atoms with E-state index in [2.05, 4.69) is 5.32 Å². The lowest BCUT2D eigenvalue weighted by molar-refractivity contribution is 0.102. The number of rotatable bonds is 2. The number of hydrogen-bond acceptors (Lipinski definition) is 3. The number of halogens is 2. The molecule has 3 rings (SSSR count). The summed E-state index contributed by atoms with van der Waals surface area (Å²) in [6.07, 6.45) is 0. The maximum absolute atomic E-state index is 13.7. The van der Waals surface area contributed by atoms with E-state index in [-0.39, 0.29) is 16.3 Å². The molecule has 1 heterocycles. The summed E-state index contributed by atoms with van der Waals surface area (Å²) in [6, 6.07) is 12.0. The summed E-state index contributed by atoms with van der Waals surface area (Å²) in [7, 11) is 0. The highest BCUT2D eigenvalue weighted by molar-refractivity contribution is 6.30. The van der Waals surface area contributed by atoms with E-state index in [0.717, 1.165) is 6.07 Å². The second-order valence-corrected chi connectivity index (χ2v) is 5.00. The standard InChI is InChI=1S/C16H9ClFNO3/c17-10-5-6-13(12(18)8-10)19-15(20)11-7-9-3-1-2-4-14(9)22-16(11)21/h1-8H,(H,19,20). The van der Waals surface area contributed by atoms with Crippen molar-refractivity contribution in [1.29, 1.82) is 0 Å². The summed E-state index contributed by atoms with van der Waals surface area (Å²) in [5.41, 5.74) is -0.678. The van der Waals surface area contributed by atoms with Gasteiger partial charge in [0, 0.05) is 10.4 Å². The highest BCUT2D eigenvalue weighted by Gasteiger charge is 2.15. The van der Waals surface area contributed by atoms with Gasteiger partial charge in [-0.3, -0.25) is 4.79 Å². The van der Waals surface area contributed by atoms with Crippen LogP contribution in [0.4, 0.5) is 10.1 Å². The van der Waals surface area contributed by atoms with Crippen LogP contribution < -0.4 is 10.9 Å². The Balaban J connectivity index is 1.98. The molecular formula is C16H9ClFNO3. The number of benzene rings is 2. The van der Waals surface area contributed by atoms with Crippen molar-refractivity contribution < 1.29 is 13.6 Å². The quantitative estimate of drug-likeness (QED) is 0.731. The molecule has 0 aliphatic heterocycles. The lowest BCUT2D eigenvalue weighted by Crippen LogP contribution is -2.21. The smallest absolute Gasteiger partial charge is 0.349 e. The summed E-state index contributed by atoms with van der Waals surface area (Å²) in [4.78, 5) is 24.0. The summed E-state index contributed by atoms with van der Waals surface area (Å²) in [6.45, 7) is 0. The minimum Gasteiger partial charge on any atom is -0.422 e. The van der Waals surface area contributed by atoms with Crippen molar-refractivity contribution in [2.45, 2.75) is 0 Å². The SMILES string of the molecule is O=C(Nc1ccc(Cl)cc1F)c1cc2ccccc2oc1=O. The lowest BCUT2D eigenvalue weighted by atomic mass is 10.1. The third-order valence-electron chi connectivity index (χ3n) is 3.07. The number of carbonyl (C=O) groups excluding carboxylic acids is 1. The Hall–Kier alpha value is -2.66. The highest BCUT2D eigenvalue weighted by atomic mass is 35.5. The Morgan fingerprint density at radius 1 is 1.14 bits per heavy atom. The van der Waals surface area contributed by atoms with Crippen LogP contribution in [0.25, 0.3) is 11.0 Å². The van der Waals surface area contributed by atoms with E-state index in [9.17, 15) is 14.0 Å². The third kappa shape index (κ3) is 2.71. The number of fused-ring (bicyclic) bond motifs is 1. The van der Waals surface area contributed by atoms with Crippen LogP contribution in [0.5, 0.6) is 0 Å². The van der Waals surface area contributed by atoms with E-state index in [1.807, 2.05) is 0 Å². The van der Waals surface area contributed by atoms with Gasteiger partial charge in [-0.1, -0.05) is 29.8 Å². The number of amides is 1. The van der Waals surface area contributed by atoms with Gasteiger partial charge in [-0.25, -0.2) is 9.18 Å². The van der Waals surface area contributed by atoms with Gasteiger partial charge in [0.15, 0.2) is 0 Å². The van der Waals surface area contributed by atoms with Gasteiger partial charge in [-0.2, -0.15) is 0 Å². The van der Waals surface area contributed by atoms with Crippen molar-refractivity contribution in [2.75, 3.05) is 5.32 Å². The topological polar surface area (TPSA) is 59.3 Å². The molecule has 6 heteroatoms. The average Bonchev–Trinajstić information content (AvgIpc) is 2.49. The molecule has 2 aromatic carbocycles. The zero-order valence-corrected chi connectivity index (χ0v) is 11.9. The van der Waals surface area contributed by atoms with Gasteiger partial charge in [-0.05, 0) is 30.3 Å². The minimum absolute atomic E-state index is 0.0676. The third-order valence-corrected chi connectivity index (χ3v) is 3.30. The Morgan fingerprint density at radius 2 is 1.91 bits per heavy atom. The second-order valence-electron chi connectivity index (χ2n) is 4.56. The molecular weight excluding hydrogens is 309 g/mol. The van der Waals surface area contributed by atoms with Gasteiger partial charge >= 0.3 is 5.63 Å². The molecule has 0 aliphatic rings. The Morgan fingerprint density at radius 3 is 2.68 bits per heavy atom. The minimum atomic E-state index is -0.787. The first-order valence-electron chi connectivity index (χ1n) is 6.34. The molecule has 0 saturated carbocycles. The Bertz CT molecular complexity index is 936. The van der Waals surface area contributed by atoms with Crippen LogP contribution in [0.15, 0.2) is 57.7 Å². The van der Waals surface area contributed by atoms with Gasteiger partial charge in [-0.15, -0.1) is 0 Å². The van der Waals surface area contributed by atoms with Crippen LogP contribution in [0.2, 0.25) is 5.02 Å². The molecule has 0 radical (unpaired) electrons. The van der Waals surface area contributed by atoms with E-state index in [1.54, 1.807) is 24.3 Å². The van der Waals surface area contributed by atoms with Gasteiger partial charge in [0.2, 0.25) is 0 Å². The molecule has 0 saturated heterocycles. The number of carbonyl (C=O) groups is 1. The molecule has 0 bridgehead atoms. The summed E-state index contributed by atoms with van der Waals surface area (Å²) >= 11 is 5.64. The summed E-state index contributed by atoms with van der Waals surface area (Å²) in [5.74, 6) is -1.44. The molecule has 110 valence electrons. The van der Waals surface area contributed by atoms with Crippen molar-refractivity contribution in [2.24, 2.45) is 0 Å². The normalized spacial score (nSPS) is 10.6. The number of hydrogen-bond donors (Lipinski definition) is 1.